The first-order valence-corrected chi connectivity index (χ1v) is 10.2. The van der Waals surface area contributed by atoms with Gasteiger partial charge in [0, 0.05) is 30.7 Å². The number of likely N-dealkylation sites (tertiary alicyclic amines) is 1. The zero-order chi connectivity index (χ0) is 18.9. The molecule has 8 heteroatoms. The number of para-hydroxylation sites is 1. The minimum atomic E-state index is -3.67. The van der Waals surface area contributed by atoms with Crippen molar-refractivity contribution < 1.29 is 17.6 Å². The van der Waals surface area contributed by atoms with Crippen molar-refractivity contribution in [3.8, 4) is 0 Å². The van der Waals surface area contributed by atoms with Crippen molar-refractivity contribution in [2.45, 2.75) is 23.8 Å². The van der Waals surface area contributed by atoms with Crippen molar-refractivity contribution in [1.82, 2.24) is 14.6 Å². The van der Waals surface area contributed by atoms with E-state index in [1.807, 2.05) is 24.3 Å². The summed E-state index contributed by atoms with van der Waals surface area (Å²) in [6, 6.07) is 12.1. The number of nitrogens with one attached hydrogen (secondary N) is 1. The summed E-state index contributed by atoms with van der Waals surface area (Å²) in [4.78, 5) is 18.3. The number of rotatable bonds is 4. The molecule has 0 spiro atoms. The Hall–Kier alpha value is -2.71. The fourth-order valence-corrected chi connectivity index (χ4v) is 4.53. The molecule has 27 heavy (non-hydrogen) atoms. The van der Waals surface area contributed by atoms with E-state index in [0.29, 0.717) is 31.7 Å². The molecule has 1 aliphatic rings. The van der Waals surface area contributed by atoms with Crippen LogP contribution >= 0.6 is 0 Å². The van der Waals surface area contributed by atoms with Gasteiger partial charge >= 0.3 is 0 Å². The van der Waals surface area contributed by atoms with Gasteiger partial charge in [-0.15, -0.1) is 0 Å². The summed E-state index contributed by atoms with van der Waals surface area (Å²) in [5, 5.41) is 0.777. The largest absolute Gasteiger partial charge is 0.459 e. The van der Waals surface area contributed by atoms with Gasteiger partial charge in [0.25, 0.3) is 5.91 Å². The van der Waals surface area contributed by atoms with Crippen LogP contribution in [0.3, 0.4) is 0 Å². The average molecular weight is 385 g/mol. The molecule has 1 saturated heterocycles. The van der Waals surface area contributed by atoms with E-state index in [1.54, 1.807) is 23.1 Å². The van der Waals surface area contributed by atoms with E-state index in [2.05, 4.69) is 9.71 Å². The van der Waals surface area contributed by atoms with Crippen LogP contribution in [0.4, 0.5) is 0 Å². The highest BCUT2D eigenvalue weighted by atomic mass is 32.2. The van der Waals surface area contributed by atoms with Crippen LogP contribution in [0.15, 0.2) is 64.2 Å². The van der Waals surface area contributed by atoms with Gasteiger partial charge in [0.1, 0.15) is 4.90 Å². The Morgan fingerprint density at radius 3 is 2.67 bits per heavy atom. The van der Waals surface area contributed by atoms with Crippen LogP contribution in [0.1, 0.15) is 23.4 Å². The third-order valence-corrected chi connectivity index (χ3v) is 6.20. The summed E-state index contributed by atoms with van der Waals surface area (Å²) in [6.07, 6.45) is 3.94. The molecule has 1 aromatic carbocycles. The van der Waals surface area contributed by atoms with E-state index < -0.39 is 10.0 Å². The lowest BCUT2D eigenvalue weighted by atomic mass is 10.1. The highest BCUT2D eigenvalue weighted by Gasteiger charge is 2.28. The minimum Gasteiger partial charge on any atom is -0.459 e. The Labute approximate surface area is 157 Å². The van der Waals surface area contributed by atoms with Gasteiger partial charge in [0.2, 0.25) is 10.0 Å². The van der Waals surface area contributed by atoms with Crippen LogP contribution in [-0.4, -0.2) is 43.3 Å². The fraction of sp³-hybridized carbons (Fsp3) is 0.263. The molecule has 0 saturated carbocycles. The van der Waals surface area contributed by atoms with Gasteiger partial charge in [-0.25, -0.2) is 13.1 Å². The normalized spacial score (nSPS) is 15.9. The fourth-order valence-electron chi connectivity index (χ4n) is 3.24. The maximum atomic E-state index is 12.7. The monoisotopic (exact) mass is 385 g/mol. The standard InChI is InChI=1S/C19H19N3O4S/c23-19(18-6-3-11-26-18)22-9-7-15(8-10-22)21-27(24,25)16-12-14-4-1-2-5-17(14)20-13-16/h1-6,11-13,15,21H,7-10H2. The van der Waals surface area contributed by atoms with Gasteiger partial charge in [-0.05, 0) is 37.1 Å². The molecular weight excluding hydrogens is 366 g/mol. The van der Waals surface area contributed by atoms with Crippen molar-refractivity contribution in [2.24, 2.45) is 0 Å². The summed E-state index contributed by atoms with van der Waals surface area (Å²) in [6.45, 7) is 0.950. The van der Waals surface area contributed by atoms with Crippen LogP contribution in [0.5, 0.6) is 0 Å². The molecule has 1 aliphatic heterocycles. The smallest absolute Gasteiger partial charge is 0.289 e. The highest BCUT2D eigenvalue weighted by molar-refractivity contribution is 7.89. The van der Waals surface area contributed by atoms with Crippen LogP contribution < -0.4 is 4.72 Å². The van der Waals surface area contributed by atoms with Crippen molar-refractivity contribution >= 4 is 26.8 Å². The van der Waals surface area contributed by atoms with E-state index in [4.69, 9.17) is 4.42 Å². The first-order chi connectivity index (χ1) is 13.0. The summed E-state index contributed by atoms with van der Waals surface area (Å²) in [5.74, 6) is 0.135. The number of piperidine rings is 1. The number of sulfonamides is 1. The van der Waals surface area contributed by atoms with Crippen LogP contribution in [0, 0.1) is 0 Å². The summed E-state index contributed by atoms with van der Waals surface area (Å²) in [5.41, 5.74) is 0.751. The number of hydrogen-bond acceptors (Lipinski definition) is 5. The summed E-state index contributed by atoms with van der Waals surface area (Å²) < 4.78 is 33.3. The molecule has 1 fully saturated rings. The molecule has 140 valence electrons. The predicted octanol–water partition coefficient (Wildman–Crippen LogP) is 2.41. The van der Waals surface area contributed by atoms with Crippen molar-refractivity contribution in [1.29, 1.82) is 0 Å². The molecule has 0 bridgehead atoms. The summed E-state index contributed by atoms with van der Waals surface area (Å²) >= 11 is 0. The lowest BCUT2D eigenvalue weighted by Gasteiger charge is -2.31. The molecule has 4 rings (SSSR count). The number of furan rings is 1. The number of amides is 1. The lowest BCUT2D eigenvalue weighted by molar-refractivity contribution is 0.0679. The quantitative estimate of drug-likeness (QED) is 0.745. The third kappa shape index (κ3) is 3.72. The molecular formula is C19H19N3O4S. The van der Waals surface area contributed by atoms with E-state index in [1.165, 1.54) is 12.5 Å². The molecule has 7 nitrogen and oxygen atoms in total. The van der Waals surface area contributed by atoms with Crippen molar-refractivity contribution in [3.05, 3.63) is 60.7 Å². The molecule has 3 aromatic rings. The van der Waals surface area contributed by atoms with Crippen LogP contribution in [-0.2, 0) is 10.0 Å². The second-order valence-electron chi connectivity index (χ2n) is 6.53. The number of carbonyl (C=O) groups excluding carboxylic acids is 1. The number of hydrogen-bond donors (Lipinski definition) is 1. The van der Waals surface area contributed by atoms with E-state index in [9.17, 15) is 13.2 Å². The maximum absolute atomic E-state index is 12.7. The van der Waals surface area contributed by atoms with Gasteiger partial charge < -0.3 is 9.32 Å². The Balaban J connectivity index is 1.42. The highest BCUT2D eigenvalue weighted by Crippen LogP contribution is 2.19. The summed E-state index contributed by atoms with van der Waals surface area (Å²) in [7, 11) is -3.67. The Kier molecular flexibility index (Phi) is 4.67. The number of nitrogens with zero attached hydrogens (tertiary/aromatic N) is 2. The van der Waals surface area contributed by atoms with Crippen molar-refractivity contribution in [2.75, 3.05) is 13.1 Å². The molecule has 0 unspecified atom stereocenters. The second-order valence-corrected chi connectivity index (χ2v) is 8.24. The Bertz CT molecular complexity index is 1060. The SMILES string of the molecule is O=C(c1ccco1)N1CCC(NS(=O)(=O)c2cnc3ccccc3c2)CC1. The third-order valence-electron chi connectivity index (χ3n) is 4.71. The van der Waals surface area contributed by atoms with Gasteiger partial charge in [-0.1, -0.05) is 18.2 Å². The Morgan fingerprint density at radius 2 is 1.93 bits per heavy atom. The maximum Gasteiger partial charge on any atom is 0.289 e. The van der Waals surface area contributed by atoms with Crippen LogP contribution in [0.25, 0.3) is 10.9 Å². The van der Waals surface area contributed by atoms with E-state index in [-0.39, 0.29) is 16.8 Å². The van der Waals surface area contributed by atoms with Gasteiger partial charge in [0.05, 0.1) is 11.8 Å². The number of fused-ring (bicyclic) bond motifs is 1. The number of carbonyl (C=O) groups is 1. The second kappa shape index (κ2) is 7.13. The molecule has 0 aliphatic carbocycles. The zero-order valence-corrected chi connectivity index (χ0v) is 15.4. The van der Waals surface area contributed by atoms with E-state index in [0.717, 1.165) is 10.9 Å². The number of benzene rings is 1. The Morgan fingerprint density at radius 1 is 1.15 bits per heavy atom. The van der Waals surface area contributed by atoms with Crippen molar-refractivity contribution in [3.63, 3.8) is 0 Å². The van der Waals surface area contributed by atoms with Crippen LogP contribution in [0.2, 0.25) is 0 Å². The topological polar surface area (TPSA) is 92.5 Å². The van der Waals surface area contributed by atoms with Gasteiger partial charge in [0.15, 0.2) is 5.76 Å². The van der Waals surface area contributed by atoms with Gasteiger partial charge in [-0.2, -0.15) is 0 Å². The molecule has 3 heterocycles. The molecule has 0 radical (unpaired) electrons. The van der Waals surface area contributed by atoms with Gasteiger partial charge in [-0.3, -0.25) is 9.78 Å². The zero-order valence-electron chi connectivity index (χ0n) is 14.5. The molecule has 0 atom stereocenters. The number of pyridine rings is 1. The molecule has 1 amide bonds. The van der Waals surface area contributed by atoms with E-state index >= 15 is 0 Å². The first-order valence-electron chi connectivity index (χ1n) is 8.73. The lowest BCUT2D eigenvalue weighted by Crippen LogP contribution is -2.46. The first kappa shape index (κ1) is 17.7. The number of aromatic nitrogens is 1. The predicted molar refractivity (Wildman–Crippen MR) is 99.7 cm³/mol. The average Bonchev–Trinajstić information content (AvgIpc) is 3.22. The molecule has 2 aromatic heterocycles. The minimum absolute atomic E-state index is 0.148. The molecule has 1 N–H and O–H groups in total.